The van der Waals surface area contributed by atoms with E-state index < -0.39 is 0 Å². The minimum atomic E-state index is 0.0639. The minimum Gasteiger partial charge on any atom is -0.486 e. The number of nitrogens with zero attached hydrogens (tertiary/aromatic N) is 3. The van der Waals surface area contributed by atoms with E-state index in [9.17, 15) is 4.79 Å². The van der Waals surface area contributed by atoms with Crippen molar-refractivity contribution in [2.45, 2.75) is 20.1 Å². The Kier molecular flexibility index (Phi) is 7.69. The van der Waals surface area contributed by atoms with Crippen LogP contribution in [0.1, 0.15) is 25.9 Å². The molecular formula is C23H27N3O3S2. The van der Waals surface area contributed by atoms with Gasteiger partial charge in [-0.3, -0.25) is 9.69 Å². The summed E-state index contributed by atoms with van der Waals surface area (Å²) in [6, 6.07) is 11.8. The van der Waals surface area contributed by atoms with Gasteiger partial charge in [-0.15, -0.1) is 22.7 Å². The zero-order valence-corrected chi connectivity index (χ0v) is 19.3. The molecule has 1 aliphatic heterocycles. The van der Waals surface area contributed by atoms with Crippen LogP contribution < -0.4 is 4.74 Å². The lowest BCUT2D eigenvalue weighted by Gasteiger charge is -2.29. The molecule has 31 heavy (non-hydrogen) atoms. The van der Waals surface area contributed by atoms with Gasteiger partial charge in [0.05, 0.1) is 30.3 Å². The number of aromatic nitrogens is 1. The number of carbonyl (C=O) groups is 1. The fraction of sp³-hybridized carbons (Fsp3) is 0.391. The third kappa shape index (κ3) is 6.13. The molecule has 2 aromatic heterocycles. The van der Waals surface area contributed by atoms with Gasteiger partial charge in [0.2, 0.25) is 0 Å². The summed E-state index contributed by atoms with van der Waals surface area (Å²) in [4.78, 5) is 22.8. The van der Waals surface area contributed by atoms with Crippen molar-refractivity contribution in [1.29, 1.82) is 0 Å². The lowest BCUT2D eigenvalue weighted by molar-refractivity contribution is 0.0320. The van der Waals surface area contributed by atoms with Crippen molar-refractivity contribution in [2.24, 2.45) is 0 Å². The minimum absolute atomic E-state index is 0.0639. The highest BCUT2D eigenvalue weighted by Crippen LogP contribution is 2.20. The number of rotatable bonds is 9. The van der Waals surface area contributed by atoms with Crippen LogP contribution in [0.5, 0.6) is 5.75 Å². The number of para-hydroxylation sites is 1. The molecule has 0 saturated carbocycles. The van der Waals surface area contributed by atoms with Crippen LogP contribution in [0, 0.1) is 6.92 Å². The van der Waals surface area contributed by atoms with E-state index in [2.05, 4.69) is 4.90 Å². The van der Waals surface area contributed by atoms with Gasteiger partial charge in [0.25, 0.3) is 5.91 Å². The quantitative estimate of drug-likeness (QED) is 0.485. The van der Waals surface area contributed by atoms with Gasteiger partial charge >= 0.3 is 0 Å². The Morgan fingerprint density at radius 1 is 1.19 bits per heavy atom. The van der Waals surface area contributed by atoms with Crippen LogP contribution in [0.4, 0.5) is 0 Å². The van der Waals surface area contributed by atoms with Crippen LogP contribution in [0.3, 0.4) is 0 Å². The van der Waals surface area contributed by atoms with Crippen molar-refractivity contribution in [3.8, 4) is 5.75 Å². The van der Waals surface area contributed by atoms with E-state index in [0.717, 1.165) is 59.7 Å². The number of morpholine rings is 1. The summed E-state index contributed by atoms with van der Waals surface area (Å²) in [5, 5.41) is 4.88. The van der Waals surface area contributed by atoms with Crippen molar-refractivity contribution in [2.75, 3.05) is 39.4 Å². The highest BCUT2D eigenvalue weighted by molar-refractivity contribution is 7.12. The first-order valence-electron chi connectivity index (χ1n) is 10.4. The second-order valence-electron chi connectivity index (χ2n) is 7.44. The van der Waals surface area contributed by atoms with Gasteiger partial charge in [-0.25, -0.2) is 4.98 Å². The van der Waals surface area contributed by atoms with Crippen LogP contribution in [0.2, 0.25) is 0 Å². The lowest BCUT2D eigenvalue weighted by atomic mass is 10.2. The Balaban J connectivity index is 1.38. The van der Waals surface area contributed by atoms with E-state index in [-0.39, 0.29) is 5.91 Å². The molecule has 0 aliphatic carbocycles. The molecule has 1 saturated heterocycles. The maximum Gasteiger partial charge on any atom is 0.264 e. The standard InChI is InChI=1S/C23H27N3O3S2/c1-18-5-2-3-6-20(18)29-16-22-24-19(17-31-22)15-26(23(27)21-7-4-14-30-21)9-8-25-10-12-28-13-11-25/h2-7,14,17H,8-13,15-16H2,1H3. The summed E-state index contributed by atoms with van der Waals surface area (Å²) in [5.41, 5.74) is 2.01. The summed E-state index contributed by atoms with van der Waals surface area (Å²) in [6.45, 7) is 7.83. The number of hydrogen-bond acceptors (Lipinski definition) is 7. The van der Waals surface area contributed by atoms with Crippen LogP contribution in [0.15, 0.2) is 47.2 Å². The maximum atomic E-state index is 13.1. The van der Waals surface area contributed by atoms with Crippen molar-refractivity contribution in [3.63, 3.8) is 0 Å². The molecule has 164 valence electrons. The summed E-state index contributed by atoms with van der Waals surface area (Å²) >= 11 is 3.05. The fourth-order valence-electron chi connectivity index (χ4n) is 3.44. The van der Waals surface area contributed by atoms with Gasteiger partial charge in [-0.05, 0) is 30.0 Å². The Bertz CT molecular complexity index is 968. The summed E-state index contributed by atoms with van der Waals surface area (Å²) < 4.78 is 11.4. The van der Waals surface area contributed by atoms with E-state index in [1.165, 1.54) is 11.3 Å². The Labute approximate surface area is 191 Å². The monoisotopic (exact) mass is 457 g/mol. The third-order valence-electron chi connectivity index (χ3n) is 5.21. The molecular weight excluding hydrogens is 430 g/mol. The van der Waals surface area contributed by atoms with Gasteiger partial charge in [-0.1, -0.05) is 24.3 Å². The molecule has 3 heterocycles. The summed E-state index contributed by atoms with van der Waals surface area (Å²) in [6.07, 6.45) is 0. The zero-order chi connectivity index (χ0) is 21.5. The molecule has 6 nitrogen and oxygen atoms in total. The number of thiophene rings is 1. The van der Waals surface area contributed by atoms with Gasteiger partial charge in [0.1, 0.15) is 17.4 Å². The van der Waals surface area contributed by atoms with Crippen molar-refractivity contribution in [3.05, 3.63) is 68.3 Å². The van der Waals surface area contributed by atoms with Crippen LogP contribution in [-0.2, 0) is 17.9 Å². The molecule has 8 heteroatoms. The Morgan fingerprint density at radius 2 is 2.03 bits per heavy atom. The van der Waals surface area contributed by atoms with E-state index >= 15 is 0 Å². The summed E-state index contributed by atoms with van der Waals surface area (Å²) in [5.74, 6) is 0.938. The maximum absolute atomic E-state index is 13.1. The molecule has 1 aliphatic rings. The topological polar surface area (TPSA) is 54.9 Å². The molecule has 1 amide bonds. The first kappa shape index (κ1) is 22.0. The van der Waals surface area contributed by atoms with Gasteiger partial charge in [-0.2, -0.15) is 0 Å². The van der Waals surface area contributed by atoms with Gasteiger partial charge in [0.15, 0.2) is 0 Å². The first-order valence-corrected chi connectivity index (χ1v) is 12.2. The number of carbonyl (C=O) groups excluding carboxylic acids is 1. The highest BCUT2D eigenvalue weighted by Gasteiger charge is 2.20. The molecule has 0 spiro atoms. The van der Waals surface area contributed by atoms with Crippen molar-refractivity contribution in [1.82, 2.24) is 14.8 Å². The number of hydrogen-bond donors (Lipinski definition) is 0. The molecule has 3 aromatic rings. The predicted octanol–water partition coefficient (Wildman–Crippen LogP) is 4.07. The third-order valence-corrected chi connectivity index (χ3v) is 6.93. The van der Waals surface area contributed by atoms with E-state index in [1.807, 2.05) is 59.0 Å². The second-order valence-corrected chi connectivity index (χ2v) is 9.34. The smallest absolute Gasteiger partial charge is 0.264 e. The van der Waals surface area contributed by atoms with Crippen LogP contribution in [0.25, 0.3) is 0 Å². The van der Waals surface area contributed by atoms with Crippen LogP contribution >= 0.6 is 22.7 Å². The van der Waals surface area contributed by atoms with Crippen molar-refractivity contribution < 1.29 is 14.3 Å². The average Bonchev–Trinajstić information content (AvgIpc) is 3.49. The molecule has 0 atom stereocenters. The zero-order valence-electron chi connectivity index (χ0n) is 17.7. The average molecular weight is 458 g/mol. The SMILES string of the molecule is Cc1ccccc1OCc1nc(CN(CCN2CCOCC2)C(=O)c2cccs2)cs1. The number of benzene rings is 1. The second kappa shape index (κ2) is 10.9. The van der Waals surface area contributed by atoms with Crippen LogP contribution in [-0.4, -0.2) is 60.1 Å². The molecule has 1 fully saturated rings. The van der Waals surface area contributed by atoms with Crippen molar-refractivity contribution >= 4 is 28.6 Å². The van der Waals surface area contributed by atoms with E-state index in [4.69, 9.17) is 14.5 Å². The van der Waals surface area contributed by atoms with E-state index in [1.54, 1.807) is 11.3 Å². The number of aryl methyl sites for hydroxylation is 1. The molecule has 4 rings (SSSR count). The molecule has 0 unspecified atom stereocenters. The normalized spacial score (nSPS) is 14.5. The Morgan fingerprint density at radius 3 is 2.81 bits per heavy atom. The van der Waals surface area contributed by atoms with Gasteiger partial charge < -0.3 is 14.4 Å². The molecule has 0 N–H and O–H groups in total. The summed E-state index contributed by atoms with van der Waals surface area (Å²) in [7, 11) is 0. The number of amides is 1. The molecule has 0 radical (unpaired) electrons. The Hall–Kier alpha value is -2.26. The lowest BCUT2D eigenvalue weighted by Crippen LogP contribution is -2.42. The largest absolute Gasteiger partial charge is 0.486 e. The number of thiazole rings is 1. The fourth-order valence-corrected chi connectivity index (χ4v) is 4.82. The number of ether oxygens (including phenoxy) is 2. The molecule has 1 aromatic carbocycles. The predicted molar refractivity (Wildman–Crippen MR) is 124 cm³/mol. The molecule has 0 bridgehead atoms. The highest BCUT2D eigenvalue weighted by atomic mass is 32.1. The van der Waals surface area contributed by atoms with E-state index in [0.29, 0.717) is 19.7 Å². The first-order chi connectivity index (χ1) is 15.2. The van der Waals surface area contributed by atoms with Gasteiger partial charge in [0, 0.05) is 31.6 Å².